The first-order chi connectivity index (χ1) is 19.0. The van der Waals surface area contributed by atoms with Crippen molar-refractivity contribution in [2.75, 3.05) is 19.4 Å². The van der Waals surface area contributed by atoms with Crippen LogP contribution in [0.5, 0.6) is 5.75 Å². The van der Waals surface area contributed by atoms with Gasteiger partial charge >= 0.3 is 0 Å². The molecule has 0 spiro atoms. The molecule has 10 nitrogen and oxygen atoms in total. The first kappa shape index (κ1) is 29.0. The first-order valence-electron chi connectivity index (χ1n) is 12.7. The molecule has 0 aliphatic carbocycles. The molecule has 0 saturated heterocycles. The predicted octanol–water partition coefficient (Wildman–Crippen LogP) is 2.93. The van der Waals surface area contributed by atoms with Gasteiger partial charge in [0.2, 0.25) is 5.95 Å². The van der Waals surface area contributed by atoms with Crippen LogP contribution in [-0.4, -0.2) is 62.8 Å². The molecular weight excluding hydrogens is 514 g/mol. The molecule has 206 valence electrons. The van der Waals surface area contributed by atoms with Gasteiger partial charge in [-0.3, -0.25) is 4.40 Å². The van der Waals surface area contributed by atoms with E-state index in [0.717, 1.165) is 29.3 Å². The second-order valence-corrected chi connectivity index (χ2v) is 9.48. The van der Waals surface area contributed by atoms with Crippen molar-refractivity contribution in [3.63, 3.8) is 0 Å². The molecule has 5 rings (SSSR count). The number of halogens is 1. The van der Waals surface area contributed by atoms with E-state index in [1.807, 2.05) is 53.1 Å². The summed E-state index contributed by atoms with van der Waals surface area (Å²) in [5.74, 6) is -5.34. The van der Waals surface area contributed by atoms with Crippen LogP contribution in [0.2, 0.25) is 0 Å². The second kappa shape index (κ2) is 11.2. The van der Waals surface area contributed by atoms with Crippen molar-refractivity contribution < 1.29 is 24.4 Å². The molecule has 1 aliphatic heterocycles. The van der Waals surface area contributed by atoms with Crippen LogP contribution in [0, 0.1) is 24.1 Å². The van der Waals surface area contributed by atoms with Gasteiger partial charge in [0.15, 0.2) is 17.6 Å². The normalized spacial score (nSPS) is 16.2. The van der Waals surface area contributed by atoms with Gasteiger partial charge in [-0.2, -0.15) is 5.26 Å². The lowest BCUT2D eigenvalue weighted by Gasteiger charge is -2.27. The zero-order chi connectivity index (χ0) is 29.4. The Bertz CT molecular complexity index is 1600. The summed E-state index contributed by atoms with van der Waals surface area (Å²) in [6.07, 6.45) is 1.38. The van der Waals surface area contributed by atoms with Crippen molar-refractivity contribution in [1.29, 1.82) is 5.26 Å². The van der Waals surface area contributed by atoms with Gasteiger partial charge in [0.25, 0.3) is 5.91 Å². The number of nitriles is 1. The SMILES string of the molecule is CC.[B]C1c2c(ccc(F)c2C(O)(O)Nc2ncc(-c3ccc(CN(C)C)cc3C)c3nc(C#N)cn23)OC1O. The van der Waals surface area contributed by atoms with Gasteiger partial charge < -0.3 is 30.3 Å². The number of aliphatic hydroxyl groups excluding tert-OH is 1. The number of anilines is 1. The van der Waals surface area contributed by atoms with E-state index in [1.165, 1.54) is 22.9 Å². The molecule has 2 aromatic heterocycles. The van der Waals surface area contributed by atoms with E-state index < -0.39 is 29.4 Å². The van der Waals surface area contributed by atoms with Crippen LogP contribution < -0.4 is 10.1 Å². The molecule has 0 saturated carbocycles. The Labute approximate surface area is 232 Å². The number of aromatic nitrogens is 3. The van der Waals surface area contributed by atoms with Gasteiger partial charge in [-0.05, 0) is 49.8 Å². The molecule has 0 bridgehead atoms. The monoisotopic (exact) mass is 544 g/mol. The minimum absolute atomic E-state index is 0.0201. The quantitative estimate of drug-likeness (QED) is 0.213. The number of hydrogen-bond donors (Lipinski definition) is 4. The molecule has 2 atom stereocenters. The maximum atomic E-state index is 14.9. The summed E-state index contributed by atoms with van der Waals surface area (Å²) in [7, 11) is 9.90. The highest BCUT2D eigenvalue weighted by Gasteiger charge is 2.41. The van der Waals surface area contributed by atoms with Crippen LogP contribution in [-0.2, 0) is 12.5 Å². The zero-order valence-corrected chi connectivity index (χ0v) is 22.8. The van der Waals surface area contributed by atoms with E-state index in [1.54, 1.807) is 0 Å². The fourth-order valence-corrected chi connectivity index (χ4v) is 4.73. The Morgan fingerprint density at radius 1 is 1.23 bits per heavy atom. The van der Waals surface area contributed by atoms with E-state index in [0.29, 0.717) is 11.2 Å². The fraction of sp³-hybridized carbons (Fsp3) is 0.321. The molecule has 4 aromatic rings. The third-order valence-electron chi connectivity index (χ3n) is 6.36. The fourth-order valence-electron chi connectivity index (χ4n) is 4.73. The molecule has 1 aliphatic rings. The molecule has 2 unspecified atom stereocenters. The van der Waals surface area contributed by atoms with Crippen molar-refractivity contribution in [3.05, 3.63) is 76.5 Å². The number of aryl methyl sites for hydroxylation is 1. The molecule has 3 heterocycles. The molecule has 0 amide bonds. The van der Waals surface area contributed by atoms with E-state index >= 15 is 0 Å². The minimum atomic E-state index is -3.03. The molecule has 4 N–H and O–H groups in total. The molecular formula is C28H30BFN6O4. The van der Waals surface area contributed by atoms with Gasteiger partial charge in [-0.25, -0.2) is 14.4 Å². The van der Waals surface area contributed by atoms with E-state index in [2.05, 4.69) is 26.3 Å². The Hall–Kier alpha value is -4.02. The highest BCUT2D eigenvalue weighted by atomic mass is 19.1. The number of nitrogens with one attached hydrogen (secondary N) is 1. The summed E-state index contributed by atoms with van der Waals surface area (Å²) in [4.78, 5) is 10.8. The third-order valence-corrected chi connectivity index (χ3v) is 6.36. The van der Waals surface area contributed by atoms with Crippen molar-refractivity contribution >= 4 is 19.4 Å². The number of aliphatic hydroxyl groups is 3. The summed E-state index contributed by atoms with van der Waals surface area (Å²) in [5.41, 5.74) is 3.19. The summed E-state index contributed by atoms with van der Waals surface area (Å²) < 4.78 is 21.5. The van der Waals surface area contributed by atoms with Crippen LogP contribution in [0.1, 0.15) is 47.6 Å². The number of rotatable bonds is 6. The number of imidazole rings is 1. The van der Waals surface area contributed by atoms with Crippen molar-refractivity contribution in [2.45, 2.75) is 45.3 Å². The van der Waals surface area contributed by atoms with Crippen LogP contribution >= 0.6 is 0 Å². The molecule has 12 heteroatoms. The van der Waals surface area contributed by atoms with E-state index in [4.69, 9.17) is 12.6 Å². The Morgan fingerprint density at radius 3 is 2.60 bits per heavy atom. The molecule has 0 fully saturated rings. The Morgan fingerprint density at radius 2 is 1.95 bits per heavy atom. The average Bonchev–Trinajstić information content (AvgIpc) is 3.47. The van der Waals surface area contributed by atoms with Crippen molar-refractivity contribution in [2.24, 2.45) is 0 Å². The van der Waals surface area contributed by atoms with Gasteiger partial charge in [0.1, 0.15) is 17.6 Å². The third kappa shape index (κ3) is 5.24. The lowest BCUT2D eigenvalue weighted by atomic mass is 9.78. The molecule has 2 aromatic carbocycles. The molecule has 2 radical (unpaired) electrons. The van der Waals surface area contributed by atoms with Crippen LogP contribution in [0.15, 0.2) is 42.7 Å². The average molecular weight is 544 g/mol. The topological polar surface area (TPSA) is 139 Å². The van der Waals surface area contributed by atoms with Crippen molar-refractivity contribution in [1.82, 2.24) is 19.3 Å². The van der Waals surface area contributed by atoms with Gasteiger partial charge in [-0.1, -0.05) is 32.0 Å². The number of ether oxygens (including phenoxy) is 1. The Balaban J connectivity index is 0.00000181. The summed E-state index contributed by atoms with van der Waals surface area (Å²) >= 11 is 0. The minimum Gasteiger partial charge on any atom is -0.465 e. The van der Waals surface area contributed by atoms with Crippen LogP contribution in [0.25, 0.3) is 16.8 Å². The van der Waals surface area contributed by atoms with Crippen molar-refractivity contribution in [3.8, 4) is 22.9 Å². The summed E-state index contributed by atoms with van der Waals surface area (Å²) in [6.45, 7) is 6.72. The van der Waals surface area contributed by atoms with E-state index in [9.17, 15) is 25.0 Å². The number of fused-ring (bicyclic) bond motifs is 2. The van der Waals surface area contributed by atoms with Gasteiger partial charge in [0, 0.05) is 29.7 Å². The lowest BCUT2D eigenvalue weighted by Crippen LogP contribution is -2.38. The zero-order valence-electron chi connectivity index (χ0n) is 22.8. The first-order valence-corrected chi connectivity index (χ1v) is 12.7. The van der Waals surface area contributed by atoms with E-state index in [-0.39, 0.29) is 23.0 Å². The lowest BCUT2D eigenvalue weighted by molar-refractivity contribution is -0.146. The van der Waals surface area contributed by atoms with Crippen LogP contribution in [0.3, 0.4) is 0 Å². The highest BCUT2D eigenvalue weighted by molar-refractivity contribution is 6.13. The molecule has 40 heavy (non-hydrogen) atoms. The number of benzene rings is 2. The van der Waals surface area contributed by atoms with Gasteiger partial charge in [0.05, 0.1) is 19.6 Å². The number of hydrogen-bond acceptors (Lipinski definition) is 9. The predicted molar refractivity (Wildman–Crippen MR) is 148 cm³/mol. The second-order valence-electron chi connectivity index (χ2n) is 9.48. The van der Waals surface area contributed by atoms with Gasteiger partial charge in [-0.15, -0.1) is 0 Å². The summed E-state index contributed by atoms with van der Waals surface area (Å²) in [6, 6.07) is 10.2. The maximum absolute atomic E-state index is 14.9. The number of nitrogens with zero attached hydrogens (tertiary/aromatic N) is 5. The largest absolute Gasteiger partial charge is 0.465 e. The summed E-state index contributed by atoms with van der Waals surface area (Å²) in [5, 5.41) is 43.9. The highest BCUT2D eigenvalue weighted by Crippen LogP contribution is 2.42. The van der Waals surface area contributed by atoms with Crippen LogP contribution in [0.4, 0.5) is 10.3 Å². The standard InChI is InChI=1S/C26H24BFN6O4.C2H6/c1-13-8-14(11-33(2)3)4-5-16(13)17-10-30-25(34-12-15(9-29)31-23(17)34)32-26(36,37)21-18(28)6-7-19-20(21)22(27)24(35)38-19;1-2/h4-8,10,12,22,24,35-37H,11H2,1-3H3,(H,30,32);1-2H3. The Kier molecular flexibility index (Phi) is 8.14. The maximum Gasteiger partial charge on any atom is 0.278 e. The smallest absolute Gasteiger partial charge is 0.278 e.